The average Bonchev–Trinajstić information content (AvgIpc) is 2.78. The maximum Gasteiger partial charge on any atom is 0.278 e. The zero-order chi connectivity index (χ0) is 13.4. The first-order chi connectivity index (χ1) is 9.17. The molecule has 1 N–H and O–H groups in total. The van der Waals surface area contributed by atoms with Gasteiger partial charge in [-0.25, -0.2) is 4.39 Å². The highest BCUT2D eigenvalue weighted by Crippen LogP contribution is 2.31. The summed E-state index contributed by atoms with van der Waals surface area (Å²) in [7, 11) is 0. The summed E-state index contributed by atoms with van der Waals surface area (Å²) in [5.41, 5.74) is 1.06. The summed E-state index contributed by atoms with van der Waals surface area (Å²) < 4.78 is 31.9. The number of nitrogens with zero attached hydrogens (tertiary/aromatic N) is 1. The van der Waals surface area contributed by atoms with Crippen LogP contribution in [-0.2, 0) is 0 Å². The Balaban J connectivity index is 2.03. The van der Waals surface area contributed by atoms with Crippen LogP contribution in [0.2, 0.25) is 0 Å². The molecule has 0 saturated carbocycles. The molecule has 1 atom stereocenters. The Bertz CT molecular complexity index is 596. The van der Waals surface area contributed by atoms with Gasteiger partial charge in [0, 0.05) is 43.2 Å². The largest absolute Gasteiger partial charge is 0.429 e. The minimum Gasteiger partial charge on any atom is -0.429 e. The van der Waals surface area contributed by atoms with Gasteiger partial charge >= 0.3 is 0 Å². The molecule has 3 rings (SSSR count). The molecule has 0 aliphatic carbocycles. The molecule has 1 aromatic heterocycles. The van der Waals surface area contributed by atoms with E-state index in [1.807, 2.05) is 0 Å². The average molecular weight is 266 g/mol. The number of hydrogen-bond donors (Lipinski definition) is 1. The molecule has 5 heteroatoms. The van der Waals surface area contributed by atoms with Crippen LogP contribution in [-0.4, -0.2) is 25.7 Å². The van der Waals surface area contributed by atoms with Crippen LogP contribution in [0.15, 0.2) is 22.6 Å². The molecule has 1 aliphatic rings. The standard InChI is InChI=1S/C14H16F2N2O/c1-2-11-8-18(4-3-17-11)12-7-10(15)5-9-6-13(16)19-14(9)12/h5-7,11,17H,2-4,8H2,1H3/t11-/m0/s1. The number of piperazine rings is 1. The molecule has 1 fully saturated rings. The van der Waals surface area contributed by atoms with Crippen LogP contribution in [0.25, 0.3) is 11.0 Å². The lowest BCUT2D eigenvalue weighted by molar-refractivity contribution is 0.379. The molecule has 19 heavy (non-hydrogen) atoms. The van der Waals surface area contributed by atoms with Gasteiger partial charge in [0.2, 0.25) is 0 Å². The summed E-state index contributed by atoms with van der Waals surface area (Å²) >= 11 is 0. The molecule has 102 valence electrons. The molecule has 0 amide bonds. The van der Waals surface area contributed by atoms with E-state index in [9.17, 15) is 8.78 Å². The third-order valence-corrected chi connectivity index (χ3v) is 3.62. The Hall–Kier alpha value is -1.62. The van der Waals surface area contributed by atoms with Crippen molar-refractivity contribution < 1.29 is 13.2 Å². The van der Waals surface area contributed by atoms with Crippen LogP contribution < -0.4 is 10.2 Å². The second-order valence-corrected chi connectivity index (χ2v) is 4.90. The van der Waals surface area contributed by atoms with Gasteiger partial charge in [-0.15, -0.1) is 0 Å². The zero-order valence-electron chi connectivity index (χ0n) is 10.7. The van der Waals surface area contributed by atoms with Gasteiger partial charge in [0.15, 0.2) is 5.58 Å². The van der Waals surface area contributed by atoms with E-state index in [-0.39, 0.29) is 5.82 Å². The quantitative estimate of drug-likeness (QED) is 0.906. The van der Waals surface area contributed by atoms with Crippen molar-refractivity contribution in [1.29, 1.82) is 0 Å². The fourth-order valence-corrected chi connectivity index (χ4v) is 2.62. The van der Waals surface area contributed by atoms with Gasteiger partial charge in [-0.2, -0.15) is 4.39 Å². The third-order valence-electron chi connectivity index (χ3n) is 3.62. The van der Waals surface area contributed by atoms with Gasteiger partial charge in [-0.05, 0) is 12.5 Å². The molecule has 0 unspecified atom stereocenters. The van der Waals surface area contributed by atoms with Crippen LogP contribution in [0.3, 0.4) is 0 Å². The van der Waals surface area contributed by atoms with E-state index in [0.29, 0.717) is 22.7 Å². The summed E-state index contributed by atoms with van der Waals surface area (Å²) in [4.78, 5) is 2.05. The number of halogens is 2. The first kappa shape index (κ1) is 12.4. The van der Waals surface area contributed by atoms with Gasteiger partial charge in [0.1, 0.15) is 5.82 Å². The van der Waals surface area contributed by atoms with E-state index in [1.165, 1.54) is 18.2 Å². The number of fused-ring (bicyclic) bond motifs is 1. The maximum absolute atomic E-state index is 13.6. The molecule has 1 aromatic carbocycles. The number of furan rings is 1. The molecule has 0 bridgehead atoms. The van der Waals surface area contributed by atoms with E-state index in [0.717, 1.165) is 26.1 Å². The van der Waals surface area contributed by atoms with Crippen molar-refractivity contribution in [2.75, 3.05) is 24.5 Å². The fourth-order valence-electron chi connectivity index (χ4n) is 2.62. The van der Waals surface area contributed by atoms with E-state index >= 15 is 0 Å². The van der Waals surface area contributed by atoms with Crippen LogP contribution in [0.5, 0.6) is 0 Å². The van der Waals surface area contributed by atoms with Gasteiger partial charge in [0.25, 0.3) is 6.01 Å². The van der Waals surface area contributed by atoms with Crippen molar-refractivity contribution in [3.63, 3.8) is 0 Å². The first-order valence-corrected chi connectivity index (χ1v) is 6.54. The van der Waals surface area contributed by atoms with Gasteiger partial charge in [0.05, 0.1) is 5.69 Å². The molecule has 2 aromatic rings. The van der Waals surface area contributed by atoms with Crippen LogP contribution in [0, 0.1) is 11.8 Å². The van der Waals surface area contributed by atoms with Crippen LogP contribution in [0.4, 0.5) is 14.5 Å². The molecule has 0 radical (unpaired) electrons. The zero-order valence-corrected chi connectivity index (χ0v) is 10.7. The highest BCUT2D eigenvalue weighted by Gasteiger charge is 2.22. The second-order valence-electron chi connectivity index (χ2n) is 4.90. The smallest absolute Gasteiger partial charge is 0.278 e. The lowest BCUT2D eigenvalue weighted by atomic mass is 10.1. The SMILES string of the molecule is CC[C@H]1CN(c2cc(F)cc3cc(F)oc23)CCN1. The summed E-state index contributed by atoms with van der Waals surface area (Å²) in [6.45, 7) is 4.48. The topological polar surface area (TPSA) is 28.4 Å². The minimum absolute atomic E-state index is 0.366. The maximum atomic E-state index is 13.6. The van der Waals surface area contributed by atoms with Crippen LogP contribution >= 0.6 is 0 Å². The number of rotatable bonds is 2. The Labute approximate surface area is 110 Å². The fraction of sp³-hybridized carbons (Fsp3) is 0.429. The molecule has 1 saturated heterocycles. The minimum atomic E-state index is -0.677. The number of nitrogens with one attached hydrogen (secondary N) is 1. The van der Waals surface area contributed by atoms with Crippen molar-refractivity contribution in [2.45, 2.75) is 19.4 Å². The Kier molecular flexibility index (Phi) is 3.14. The number of hydrogen-bond acceptors (Lipinski definition) is 3. The summed E-state index contributed by atoms with van der Waals surface area (Å²) in [6, 6.07) is 3.63. The van der Waals surface area contributed by atoms with E-state index in [1.54, 1.807) is 0 Å². The van der Waals surface area contributed by atoms with Crippen molar-refractivity contribution in [3.8, 4) is 0 Å². The van der Waals surface area contributed by atoms with Crippen molar-refractivity contribution in [3.05, 3.63) is 30.0 Å². The van der Waals surface area contributed by atoms with Crippen molar-refractivity contribution >= 4 is 16.7 Å². The number of anilines is 1. The lowest BCUT2D eigenvalue weighted by Gasteiger charge is -2.34. The monoisotopic (exact) mass is 266 g/mol. The lowest BCUT2D eigenvalue weighted by Crippen LogP contribution is -2.50. The summed E-state index contributed by atoms with van der Waals surface area (Å²) in [6.07, 6.45) is 1.00. The summed E-state index contributed by atoms with van der Waals surface area (Å²) in [5.74, 6) is -0.366. The van der Waals surface area contributed by atoms with E-state index in [2.05, 4.69) is 17.1 Å². The third kappa shape index (κ3) is 2.30. The van der Waals surface area contributed by atoms with Crippen LogP contribution in [0.1, 0.15) is 13.3 Å². The van der Waals surface area contributed by atoms with Crippen molar-refractivity contribution in [1.82, 2.24) is 5.32 Å². The first-order valence-electron chi connectivity index (χ1n) is 6.54. The highest BCUT2D eigenvalue weighted by molar-refractivity contribution is 5.89. The van der Waals surface area contributed by atoms with Gasteiger partial charge in [-0.1, -0.05) is 6.92 Å². The predicted octanol–water partition coefficient (Wildman–Crippen LogP) is 2.90. The van der Waals surface area contributed by atoms with E-state index in [4.69, 9.17) is 4.42 Å². The molecule has 2 heterocycles. The normalized spacial score (nSPS) is 20.2. The molecular formula is C14H16F2N2O. The molecular weight excluding hydrogens is 250 g/mol. The van der Waals surface area contributed by atoms with Gasteiger partial charge < -0.3 is 14.6 Å². The predicted molar refractivity (Wildman–Crippen MR) is 70.4 cm³/mol. The Morgan fingerprint density at radius 2 is 2.21 bits per heavy atom. The van der Waals surface area contributed by atoms with E-state index < -0.39 is 6.01 Å². The number of benzene rings is 1. The van der Waals surface area contributed by atoms with Crippen molar-refractivity contribution in [2.24, 2.45) is 0 Å². The molecule has 3 nitrogen and oxygen atoms in total. The Morgan fingerprint density at radius 3 is 3.00 bits per heavy atom. The second kappa shape index (κ2) is 4.81. The van der Waals surface area contributed by atoms with Gasteiger partial charge in [-0.3, -0.25) is 0 Å². The summed E-state index contributed by atoms with van der Waals surface area (Å²) in [5, 5.41) is 3.87. The Morgan fingerprint density at radius 1 is 1.37 bits per heavy atom. The molecule has 1 aliphatic heterocycles. The highest BCUT2D eigenvalue weighted by atomic mass is 19.1. The molecule has 0 spiro atoms.